The average molecular weight is 345 g/mol. The maximum absolute atomic E-state index is 12.8. The van der Waals surface area contributed by atoms with Crippen molar-refractivity contribution in [2.24, 2.45) is 0 Å². The molecule has 1 spiro atoms. The van der Waals surface area contributed by atoms with E-state index in [0.717, 1.165) is 6.07 Å². The van der Waals surface area contributed by atoms with Gasteiger partial charge in [-0.05, 0) is 24.5 Å². The van der Waals surface area contributed by atoms with Crippen LogP contribution in [0.25, 0.3) is 0 Å². The predicted octanol–water partition coefficient (Wildman–Crippen LogP) is 2.18. The molecule has 7 heteroatoms. The highest BCUT2D eigenvalue weighted by Crippen LogP contribution is 2.36. The molecule has 0 bridgehead atoms. The van der Waals surface area contributed by atoms with Gasteiger partial charge in [0.25, 0.3) is 0 Å². The molecule has 2 fully saturated rings. The summed E-state index contributed by atoms with van der Waals surface area (Å²) in [4.78, 5) is 2.10. The normalized spacial score (nSPS) is 28.2. The summed E-state index contributed by atoms with van der Waals surface area (Å²) in [6.07, 6.45) is -4.11. The first kappa shape index (κ1) is 17.7. The lowest BCUT2D eigenvalue weighted by Gasteiger charge is -2.46. The van der Waals surface area contributed by atoms with Crippen LogP contribution in [0.3, 0.4) is 0 Å². The molecule has 0 radical (unpaired) electrons. The van der Waals surface area contributed by atoms with Crippen molar-refractivity contribution in [3.05, 3.63) is 35.4 Å². The van der Waals surface area contributed by atoms with E-state index >= 15 is 0 Å². The number of nitrogens with zero attached hydrogens (tertiary/aromatic N) is 1. The fourth-order valence-electron chi connectivity index (χ4n) is 3.52. The van der Waals surface area contributed by atoms with E-state index in [2.05, 4.69) is 4.90 Å². The van der Waals surface area contributed by atoms with Gasteiger partial charge in [-0.25, -0.2) is 0 Å². The van der Waals surface area contributed by atoms with Crippen LogP contribution in [0.2, 0.25) is 0 Å². The van der Waals surface area contributed by atoms with Crippen LogP contribution in [0.1, 0.15) is 30.4 Å². The monoisotopic (exact) mass is 345 g/mol. The molecule has 2 saturated heterocycles. The topological polar surface area (TPSA) is 52.9 Å². The van der Waals surface area contributed by atoms with Gasteiger partial charge in [0.05, 0.1) is 23.9 Å². The summed E-state index contributed by atoms with van der Waals surface area (Å²) < 4.78 is 44.1. The van der Waals surface area contributed by atoms with E-state index in [1.807, 2.05) is 0 Å². The van der Waals surface area contributed by atoms with Gasteiger partial charge in [-0.3, -0.25) is 4.90 Å². The molecule has 0 unspecified atom stereocenters. The molecule has 4 nitrogen and oxygen atoms in total. The number of alkyl halides is 3. The molecule has 2 N–H and O–H groups in total. The predicted molar refractivity (Wildman–Crippen MR) is 81.3 cm³/mol. The van der Waals surface area contributed by atoms with Gasteiger partial charge >= 0.3 is 6.18 Å². The Morgan fingerprint density at radius 1 is 1.17 bits per heavy atom. The summed E-state index contributed by atoms with van der Waals surface area (Å²) >= 11 is 0. The minimum absolute atomic E-state index is 0.134. The highest BCUT2D eigenvalue weighted by Gasteiger charge is 2.42. The zero-order chi connectivity index (χ0) is 17.4. The second-order valence-corrected chi connectivity index (χ2v) is 6.81. The van der Waals surface area contributed by atoms with E-state index in [0.29, 0.717) is 44.5 Å². The third-order valence-electron chi connectivity index (χ3n) is 5.01. The van der Waals surface area contributed by atoms with Crippen LogP contribution in [-0.4, -0.2) is 52.6 Å². The average Bonchev–Trinajstić information content (AvgIpc) is 2.53. The van der Waals surface area contributed by atoms with Crippen molar-refractivity contribution >= 4 is 0 Å². The number of aliphatic hydroxyl groups excluding tert-OH is 2. The maximum Gasteiger partial charge on any atom is 0.416 e. The van der Waals surface area contributed by atoms with E-state index in [1.54, 1.807) is 6.07 Å². The van der Waals surface area contributed by atoms with Crippen LogP contribution >= 0.6 is 0 Å². The number of ether oxygens (including phenoxy) is 1. The Morgan fingerprint density at radius 3 is 2.50 bits per heavy atom. The highest BCUT2D eigenvalue weighted by molar-refractivity contribution is 5.25. The van der Waals surface area contributed by atoms with Crippen molar-refractivity contribution in [3.8, 4) is 0 Å². The van der Waals surface area contributed by atoms with Gasteiger partial charge in [0.2, 0.25) is 0 Å². The largest absolute Gasteiger partial charge is 0.416 e. The number of hydrogen-bond acceptors (Lipinski definition) is 4. The zero-order valence-corrected chi connectivity index (χ0v) is 13.3. The minimum Gasteiger partial charge on any atom is -0.390 e. The zero-order valence-electron chi connectivity index (χ0n) is 13.3. The lowest BCUT2D eigenvalue weighted by molar-refractivity contribution is -0.188. The number of rotatable bonds is 2. The van der Waals surface area contributed by atoms with E-state index in [4.69, 9.17) is 4.74 Å². The summed E-state index contributed by atoms with van der Waals surface area (Å²) in [5.41, 5.74) is -0.398. The van der Waals surface area contributed by atoms with Gasteiger partial charge < -0.3 is 14.9 Å². The molecule has 2 aliphatic heterocycles. The van der Waals surface area contributed by atoms with Crippen molar-refractivity contribution < 1.29 is 28.1 Å². The lowest BCUT2D eigenvalue weighted by atomic mass is 9.82. The van der Waals surface area contributed by atoms with Crippen LogP contribution in [0, 0.1) is 0 Å². The Hall–Kier alpha value is -1.15. The van der Waals surface area contributed by atoms with Gasteiger partial charge in [-0.2, -0.15) is 13.2 Å². The van der Waals surface area contributed by atoms with Gasteiger partial charge in [-0.15, -0.1) is 0 Å². The molecule has 3 rings (SSSR count). The van der Waals surface area contributed by atoms with Gasteiger partial charge in [0, 0.05) is 26.1 Å². The lowest BCUT2D eigenvalue weighted by Crippen LogP contribution is -2.54. The SMILES string of the molecule is O[C@@H]1CC2(CCN(Cc3cccc(C(F)(F)F)c3)CC2)OC[C@@H]1O. The second kappa shape index (κ2) is 6.63. The number of hydrogen-bond donors (Lipinski definition) is 2. The molecular formula is C17H22F3NO3. The second-order valence-electron chi connectivity index (χ2n) is 6.81. The van der Waals surface area contributed by atoms with Crippen LogP contribution in [-0.2, 0) is 17.5 Å². The molecule has 2 heterocycles. The molecule has 0 saturated carbocycles. The number of aliphatic hydroxyl groups is 2. The Labute approximate surface area is 138 Å². The minimum atomic E-state index is -4.32. The molecule has 24 heavy (non-hydrogen) atoms. The van der Waals surface area contributed by atoms with Crippen LogP contribution in [0.4, 0.5) is 13.2 Å². The maximum atomic E-state index is 12.8. The summed E-state index contributed by atoms with van der Waals surface area (Å²) in [5.74, 6) is 0. The summed E-state index contributed by atoms with van der Waals surface area (Å²) in [6.45, 7) is 1.98. The number of halogens is 3. The van der Waals surface area contributed by atoms with Gasteiger partial charge in [0.15, 0.2) is 0 Å². The Kier molecular flexibility index (Phi) is 4.88. The van der Waals surface area contributed by atoms with E-state index in [-0.39, 0.29) is 6.61 Å². The van der Waals surface area contributed by atoms with Crippen LogP contribution in [0.5, 0.6) is 0 Å². The number of benzene rings is 1. The van der Waals surface area contributed by atoms with Crippen LogP contribution < -0.4 is 0 Å². The fourth-order valence-corrected chi connectivity index (χ4v) is 3.52. The fraction of sp³-hybridized carbons (Fsp3) is 0.647. The third kappa shape index (κ3) is 3.91. The first-order chi connectivity index (χ1) is 11.3. The Morgan fingerprint density at radius 2 is 1.88 bits per heavy atom. The standard InChI is InChI=1S/C17H22F3NO3/c18-17(19,20)13-3-1-2-12(8-13)10-21-6-4-16(5-7-21)9-14(22)15(23)11-24-16/h1-3,8,14-15,22-23H,4-7,9-11H2/t14-,15+/m1/s1. The molecule has 2 aliphatic rings. The number of likely N-dealkylation sites (tertiary alicyclic amines) is 1. The van der Waals surface area contributed by atoms with Crippen molar-refractivity contribution in [2.75, 3.05) is 19.7 Å². The smallest absolute Gasteiger partial charge is 0.390 e. The molecule has 1 aromatic carbocycles. The number of piperidine rings is 1. The first-order valence-corrected chi connectivity index (χ1v) is 8.16. The molecular weight excluding hydrogens is 323 g/mol. The first-order valence-electron chi connectivity index (χ1n) is 8.16. The van der Waals surface area contributed by atoms with Crippen molar-refractivity contribution in [3.63, 3.8) is 0 Å². The van der Waals surface area contributed by atoms with E-state index in [1.165, 1.54) is 12.1 Å². The molecule has 134 valence electrons. The summed E-state index contributed by atoms with van der Waals surface area (Å²) in [7, 11) is 0. The molecule has 0 amide bonds. The van der Waals surface area contributed by atoms with Gasteiger partial charge in [-0.1, -0.05) is 18.2 Å². The summed E-state index contributed by atoms with van der Waals surface area (Å²) in [5, 5.41) is 19.4. The van der Waals surface area contributed by atoms with Crippen molar-refractivity contribution in [2.45, 2.75) is 49.8 Å². The Balaban J connectivity index is 1.58. The molecule has 0 aliphatic carbocycles. The molecule has 2 atom stereocenters. The Bertz CT molecular complexity index is 570. The third-order valence-corrected chi connectivity index (χ3v) is 5.01. The van der Waals surface area contributed by atoms with E-state index < -0.39 is 29.5 Å². The van der Waals surface area contributed by atoms with Crippen LogP contribution in [0.15, 0.2) is 24.3 Å². The highest BCUT2D eigenvalue weighted by atomic mass is 19.4. The van der Waals surface area contributed by atoms with E-state index in [9.17, 15) is 23.4 Å². The molecule has 0 aromatic heterocycles. The quantitative estimate of drug-likeness (QED) is 0.863. The van der Waals surface area contributed by atoms with Gasteiger partial charge in [0.1, 0.15) is 6.10 Å². The van der Waals surface area contributed by atoms with Crippen molar-refractivity contribution in [1.29, 1.82) is 0 Å². The summed E-state index contributed by atoms with van der Waals surface area (Å²) in [6, 6.07) is 5.42. The van der Waals surface area contributed by atoms with Crippen molar-refractivity contribution in [1.82, 2.24) is 4.90 Å². The molecule has 1 aromatic rings.